The van der Waals surface area contributed by atoms with E-state index in [9.17, 15) is 14.4 Å². The summed E-state index contributed by atoms with van der Waals surface area (Å²) in [6, 6.07) is 13.8. The molecule has 11 heteroatoms. The summed E-state index contributed by atoms with van der Waals surface area (Å²) in [5, 5.41) is 14.8. The van der Waals surface area contributed by atoms with Gasteiger partial charge in [-0.15, -0.1) is 11.3 Å². The third kappa shape index (κ3) is 5.79. The smallest absolute Gasteiger partial charge is 0.251 e. The van der Waals surface area contributed by atoms with Crippen LogP contribution in [0.5, 0.6) is 0 Å². The normalized spacial score (nSPS) is 20.7. The number of amides is 3. The van der Waals surface area contributed by atoms with Crippen molar-refractivity contribution < 1.29 is 23.5 Å². The van der Waals surface area contributed by atoms with Gasteiger partial charge in [-0.2, -0.15) is 0 Å². The van der Waals surface area contributed by atoms with Gasteiger partial charge in [-0.1, -0.05) is 44.2 Å². The first-order valence-electron chi connectivity index (χ1n) is 14.1. The Morgan fingerprint density at radius 2 is 1.86 bits per heavy atom. The Morgan fingerprint density at radius 3 is 2.56 bits per heavy atom. The van der Waals surface area contributed by atoms with Crippen LogP contribution in [0.15, 0.2) is 53.9 Å². The first-order valence-corrected chi connectivity index (χ1v) is 15.0. The van der Waals surface area contributed by atoms with Gasteiger partial charge in [-0.05, 0) is 47.4 Å². The first kappa shape index (κ1) is 30.4. The molecule has 1 aromatic heterocycles. The topological polar surface area (TPSA) is 138 Å². The molecule has 226 valence electrons. The molecule has 0 bridgehead atoms. The van der Waals surface area contributed by atoms with E-state index in [4.69, 9.17) is 15.9 Å². The predicted octanol–water partition coefficient (Wildman–Crippen LogP) is 3.90. The number of rotatable bonds is 9. The molecule has 2 heterocycles. The van der Waals surface area contributed by atoms with Gasteiger partial charge in [0, 0.05) is 40.3 Å². The molecule has 43 heavy (non-hydrogen) atoms. The molecule has 3 atom stereocenters. The molecular formula is C32H36FN5O4S. The van der Waals surface area contributed by atoms with Crippen molar-refractivity contribution in [1.82, 2.24) is 15.5 Å². The minimum Gasteiger partial charge on any atom is -0.384 e. The van der Waals surface area contributed by atoms with E-state index in [-0.39, 0.29) is 30.8 Å². The van der Waals surface area contributed by atoms with Gasteiger partial charge in [-0.25, -0.2) is 4.39 Å². The molecule has 3 amide bonds. The zero-order valence-electron chi connectivity index (χ0n) is 24.6. The second-order valence-corrected chi connectivity index (χ2v) is 12.8. The molecule has 1 saturated heterocycles. The summed E-state index contributed by atoms with van der Waals surface area (Å²) in [4.78, 5) is 41.8. The molecule has 5 N–H and O–H groups in total. The van der Waals surface area contributed by atoms with E-state index in [1.54, 1.807) is 24.4 Å². The fourth-order valence-electron chi connectivity index (χ4n) is 6.12. The van der Waals surface area contributed by atoms with Crippen LogP contribution in [0.2, 0.25) is 0 Å². The number of nitrogen functional groups attached to an aromatic ring is 1. The highest BCUT2D eigenvalue weighted by Crippen LogP contribution is 2.48. The van der Waals surface area contributed by atoms with Crippen LogP contribution in [0.1, 0.15) is 65.2 Å². The summed E-state index contributed by atoms with van der Waals surface area (Å²) in [7, 11) is 1.36. The van der Waals surface area contributed by atoms with Gasteiger partial charge in [0.05, 0.1) is 25.7 Å². The number of halogens is 1. The number of benzene rings is 2. The largest absolute Gasteiger partial charge is 0.384 e. The first-order chi connectivity index (χ1) is 20.3. The van der Waals surface area contributed by atoms with Crippen LogP contribution in [0.25, 0.3) is 11.1 Å². The van der Waals surface area contributed by atoms with Crippen molar-refractivity contribution in [2.24, 2.45) is 5.73 Å². The maximum absolute atomic E-state index is 15.6. The van der Waals surface area contributed by atoms with Gasteiger partial charge in [0.15, 0.2) is 5.67 Å². The number of likely N-dealkylation sites (tertiary alicyclic amines) is 1. The highest BCUT2D eigenvalue weighted by Gasteiger charge is 2.49. The summed E-state index contributed by atoms with van der Waals surface area (Å²) in [6.07, 6.45) is -0.234. The number of carbonyl (C=O) groups excluding carboxylic acids is 3. The Hall–Kier alpha value is -4.09. The fraction of sp³-hybridized carbons (Fsp3) is 0.375. The maximum Gasteiger partial charge on any atom is 0.251 e. The van der Waals surface area contributed by atoms with E-state index in [0.29, 0.717) is 11.1 Å². The van der Waals surface area contributed by atoms with Crippen LogP contribution >= 0.6 is 11.3 Å². The van der Waals surface area contributed by atoms with Gasteiger partial charge < -0.3 is 26.0 Å². The number of fused-ring (bicyclic) bond motifs is 3. The van der Waals surface area contributed by atoms with E-state index in [1.165, 1.54) is 28.9 Å². The number of nitrogens with zero attached hydrogens (tertiary/aromatic N) is 1. The van der Waals surface area contributed by atoms with Crippen molar-refractivity contribution in [3.05, 3.63) is 81.0 Å². The lowest BCUT2D eigenvalue weighted by molar-refractivity contribution is -0.138. The third-order valence-corrected chi connectivity index (χ3v) is 9.49. The Balaban J connectivity index is 1.28. The van der Waals surface area contributed by atoms with Crippen LogP contribution in [0, 0.1) is 5.41 Å². The number of methoxy groups -OCH3 is 1. The van der Waals surface area contributed by atoms with Crippen molar-refractivity contribution >= 4 is 34.9 Å². The maximum atomic E-state index is 15.6. The number of alkyl halides is 1. The standard InChI is InChI=1S/C32H36FN5O4S/c1-18(26-12-20(15-43-26)28(34)35)37-30(41)25-13-32(33,17-42-4)16-38(25)27(39)14-36-29(40)19-9-10-24-22(11-19)21-7-5-6-8-23(21)31(24,2)3/h5-12,15,18,25H,13-14,16-17H2,1-4H3,(H3,34,35)(H,36,40)(H,37,41)/t18-,25+,32-/m1/s1. The van der Waals surface area contributed by atoms with Crippen LogP contribution in [0.3, 0.4) is 0 Å². The molecule has 5 rings (SSSR count). The van der Waals surface area contributed by atoms with E-state index >= 15 is 4.39 Å². The fourth-order valence-corrected chi connectivity index (χ4v) is 7.04. The van der Waals surface area contributed by atoms with Crippen molar-refractivity contribution in [2.75, 3.05) is 26.8 Å². The number of nitrogens with one attached hydrogen (secondary N) is 3. The predicted molar refractivity (Wildman–Crippen MR) is 164 cm³/mol. The minimum absolute atomic E-state index is 0.0778. The molecule has 0 radical (unpaired) electrons. The highest BCUT2D eigenvalue weighted by molar-refractivity contribution is 7.10. The van der Waals surface area contributed by atoms with Crippen molar-refractivity contribution in [3.63, 3.8) is 0 Å². The Bertz CT molecular complexity index is 1600. The molecule has 2 aliphatic rings. The lowest BCUT2D eigenvalue weighted by atomic mass is 9.82. The average Bonchev–Trinajstić information content (AvgIpc) is 3.66. The zero-order chi connectivity index (χ0) is 31.1. The number of carbonyl (C=O) groups is 3. The quantitative estimate of drug-likeness (QED) is 0.217. The number of nitrogens with two attached hydrogens (primary N) is 1. The van der Waals surface area contributed by atoms with E-state index in [0.717, 1.165) is 21.6 Å². The van der Waals surface area contributed by atoms with Gasteiger partial charge >= 0.3 is 0 Å². The summed E-state index contributed by atoms with van der Waals surface area (Å²) < 4.78 is 20.7. The lowest BCUT2D eigenvalue weighted by Crippen LogP contribution is -2.49. The van der Waals surface area contributed by atoms with E-state index in [2.05, 4.69) is 30.5 Å². The summed E-state index contributed by atoms with van der Waals surface area (Å²) in [5.41, 5.74) is 8.77. The monoisotopic (exact) mass is 605 g/mol. The molecule has 1 fully saturated rings. The van der Waals surface area contributed by atoms with Crippen LogP contribution in [-0.4, -0.2) is 67.0 Å². The molecule has 1 aliphatic carbocycles. The number of ether oxygens (including phenoxy) is 1. The van der Waals surface area contributed by atoms with Crippen LogP contribution in [0.4, 0.5) is 4.39 Å². The second kappa shape index (κ2) is 11.5. The van der Waals surface area contributed by atoms with Gasteiger partial charge in [0.1, 0.15) is 11.9 Å². The summed E-state index contributed by atoms with van der Waals surface area (Å²) in [5.74, 6) is -1.60. The molecule has 9 nitrogen and oxygen atoms in total. The SMILES string of the molecule is COC[C@@]1(F)C[C@@H](C(=O)N[C@H](C)c2cc(C(=N)N)cs2)N(C(=O)CNC(=O)c2ccc3c(c2)-c2ccccc2C3(C)C)C1. The molecule has 3 aromatic rings. The van der Waals surface area contributed by atoms with Gasteiger partial charge in [-0.3, -0.25) is 19.8 Å². The second-order valence-electron chi connectivity index (χ2n) is 11.8. The Labute approximate surface area is 254 Å². The number of thiophene rings is 1. The Morgan fingerprint density at radius 1 is 1.14 bits per heavy atom. The summed E-state index contributed by atoms with van der Waals surface area (Å²) in [6.45, 7) is 5.06. The lowest BCUT2D eigenvalue weighted by Gasteiger charge is -2.25. The van der Waals surface area contributed by atoms with Gasteiger partial charge in [0.25, 0.3) is 5.91 Å². The number of hydrogen-bond donors (Lipinski definition) is 4. The zero-order valence-corrected chi connectivity index (χ0v) is 25.4. The van der Waals surface area contributed by atoms with Crippen molar-refractivity contribution in [2.45, 2.75) is 50.4 Å². The van der Waals surface area contributed by atoms with E-state index < -0.39 is 42.0 Å². The van der Waals surface area contributed by atoms with Crippen molar-refractivity contribution in [1.29, 1.82) is 5.41 Å². The third-order valence-electron chi connectivity index (χ3n) is 8.38. The minimum atomic E-state index is -1.91. The van der Waals surface area contributed by atoms with E-state index in [1.807, 2.05) is 30.3 Å². The summed E-state index contributed by atoms with van der Waals surface area (Å²) >= 11 is 1.34. The van der Waals surface area contributed by atoms with Crippen LogP contribution < -0.4 is 16.4 Å². The number of amidine groups is 1. The molecule has 2 aromatic carbocycles. The van der Waals surface area contributed by atoms with Crippen LogP contribution in [-0.2, 0) is 19.7 Å². The highest BCUT2D eigenvalue weighted by atomic mass is 32.1. The average molecular weight is 606 g/mol. The molecular weight excluding hydrogens is 569 g/mol. The van der Waals surface area contributed by atoms with Crippen molar-refractivity contribution in [3.8, 4) is 11.1 Å². The molecule has 0 spiro atoms. The van der Waals surface area contributed by atoms with Gasteiger partial charge in [0.2, 0.25) is 11.8 Å². The molecule has 1 aliphatic heterocycles. The molecule has 0 unspecified atom stereocenters. The molecule has 0 saturated carbocycles. The Kier molecular flexibility index (Phi) is 8.15. The number of hydrogen-bond acceptors (Lipinski definition) is 6.